The van der Waals surface area contributed by atoms with Gasteiger partial charge in [-0.15, -0.1) is 0 Å². The van der Waals surface area contributed by atoms with Gasteiger partial charge in [0.25, 0.3) is 0 Å². The van der Waals surface area contributed by atoms with Gasteiger partial charge in [0, 0.05) is 12.5 Å². The average molecular weight is 262 g/mol. The molecule has 4 heteroatoms. The highest BCUT2D eigenvalue weighted by atomic mass is 16.6. The molecule has 1 aromatic carbocycles. The second-order valence-electron chi connectivity index (χ2n) is 4.12. The summed E-state index contributed by atoms with van der Waals surface area (Å²) in [6.45, 7) is 5.28. The van der Waals surface area contributed by atoms with Crippen LogP contribution in [0.4, 0.5) is 0 Å². The van der Waals surface area contributed by atoms with E-state index in [-0.39, 0.29) is 25.1 Å². The molecule has 19 heavy (non-hydrogen) atoms. The number of carbonyl (C=O) groups is 2. The van der Waals surface area contributed by atoms with Crippen LogP contribution in [0.15, 0.2) is 43.0 Å². The highest BCUT2D eigenvalue weighted by molar-refractivity contribution is 5.81. The van der Waals surface area contributed by atoms with Crippen LogP contribution < -0.4 is 0 Å². The van der Waals surface area contributed by atoms with Gasteiger partial charge >= 0.3 is 11.9 Å². The predicted octanol–water partition coefficient (Wildman–Crippen LogP) is 2.28. The number of hydrogen-bond donors (Lipinski definition) is 0. The van der Waals surface area contributed by atoms with Crippen molar-refractivity contribution in [3.8, 4) is 0 Å². The molecule has 0 saturated heterocycles. The third-order valence-electron chi connectivity index (χ3n) is 2.46. The lowest BCUT2D eigenvalue weighted by Gasteiger charge is -2.13. The largest absolute Gasteiger partial charge is 0.462 e. The molecule has 1 unspecified atom stereocenters. The molecule has 0 aliphatic rings. The number of rotatable bonds is 7. The van der Waals surface area contributed by atoms with E-state index in [4.69, 9.17) is 9.47 Å². The first-order valence-corrected chi connectivity index (χ1v) is 6.14. The van der Waals surface area contributed by atoms with Crippen LogP contribution in [0.25, 0.3) is 0 Å². The minimum atomic E-state index is -0.470. The van der Waals surface area contributed by atoms with Crippen LogP contribution in [0.1, 0.15) is 18.9 Å². The van der Waals surface area contributed by atoms with E-state index >= 15 is 0 Å². The summed E-state index contributed by atoms with van der Waals surface area (Å²) in [6, 6.07) is 9.39. The van der Waals surface area contributed by atoms with Crippen LogP contribution in [0.2, 0.25) is 0 Å². The first kappa shape index (κ1) is 15.0. The van der Waals surface area contributed by atoms with E-state index in [0.717, 1.165) is 11.6 Å². The van der Waals surface area contributed by atoms with E-state index in [2.05, 4.69) is 6.58 Å². The van der Waals surface area contributed by atoms with Gasteiger partial charge in [0.2, 0.25) is 0 Å². The van der Waals surface area contributed by atoms with Crippen molar-refractivity contribution in [2.24, 2.45) is 0 Å². The van der Waals surface area contributed by atoms with Crippen LogP contribution in [0, 0.1) is 0 Å². The summed E-state index contributed by atoms with van der Waals surface area (Å²) in [5, 5.41) is 0. The van der Waals surface area contributed by atoms with Gasteiger partial charge in [-0.2, -0.15) is 0 Å². The van der Waals surface area contributed by atoms with Gasteiger partial charge in [-0.25, -0.2) is 4.79 Å². The van der Waals surface area contributed by atoms with Gasteiger partial charge in [0.15, 0.2) is 0 Å². The van der Waals surface area contributed by atoms with Gasteiger partial charge in [0.05, 0.1) is 13.0 Å². The normalized spacial score (nSPS) is 11.4. The van der Waals surface area contributed by atoms with Gasteiger partial charge in [0.1, 0.15) is 6.10 Å². The van der Waals surface area contributed by atoms with Crippen LogP contribution >= 0.6 is 0 Å². The zero-order chi connectivity index (χ0) is 14.1. The monoisotopic (exact) mass is 262 g/mol. The molecule has 0 aromatic heterocycles. The average Bonchev–Trinajstić information content (AvgIpc) is 2.39. The lowest BCUT2D eigenvalue weighted by atomic mass is 10.1. The Balaban J connectivity index is 2.24. The van der Waals surface area contributed by atoms with E-state index in [9.17, 15) is 9.59 Å². The fourth-order valence-corrected chi connectivity index (χ4v) is 1.47. The third kappa shape index (κ3) is 6.41. The van der Waals surface area contributed by atoms with Crippen LogP contribution in [0.5, 0.6) is 0 Å². The quantitative estimate of drug-likeness (QED) is 0.559. The molecule has 1 atom stereocenters. The second kappa shape index (κ2) is 8.08. The Morgan fingerprint density at radius 1 is 1.32 bits per heavy atom. The highest BCUT2D eigenvalue weighted by Crippen LogP contribution is 2.04. The third-order valence-corrected chi connectivity index (χ3v) is 2.46. The zero-order valence-corrected chi connectivity index (χ0v) is 11.0. The number of ether oxygens (including phenoxy) is 2. The summed E-state index contributed by atoms with van der Waals surface area (Å²) in [5.41, 5.74) is 0.915. The van der Waals surface area contributed by atoms with Gasteiger partial charge in [-0.1, -0.05) is 36.9 Å². The molecule has 0 aliphatic carbocycles. The summed E-state index contributed by atoms with van der Waals surface area (Å²) in [4.78, 5) is 22.4. The molecular formula is C15H18O4. The van der Waals surface area contributed by atoms with Crippen molar-refractivity contribution < 1.29 is 19.1 Å². The van der Waals surface area contributed by atoms with Crippen molar-refractivity contribution in [1.82, 2.24) is 0 Å². The fraction of sp³-hybridized carbons (Fsp3) is 0.333. The van der Waals surface area contributed by atoms with Crippen molar-refractivity contribution in [2.75, 3.05) is 6.61 Å². The standard InChI is InChI=1S/C15H18O4/c1-3-14(16)18-10-9-12(2)19-15(17)11-13-7-5-4-6-8-13/h3-8,12H,1,9-11H2,2H3. The van der Waals surface area contributed by atoms with Crippen molar-refractivity contribution >= 4 is 11.9 Å². The minimum Gasteiger partial charge on any atom is -0.462 e. The van der Waals surface area contributed by atoms with E-state index in [1.54, 1.807) is 6.92 Å². The molecule has 1 aromatic rings. The highest BCUT2D eigenvalue weighted by Gasteiger charge is 2.10. The summed E-state index contributed by atoms with van der Waals surface area (Å²) in [7, 11) is 0. The first-order valence-electron chi connectivity index (χ1n) is 6.14. The Morgan fingerprint density at radius 2 is 2.00 bits per heavy atom. The molecule has 1 rings (SSSR count). The van der Waals surface area contributed by atoms with E-state index in [1.807, 2.05) is 30.3 Å². The number of carbonyl (C=O) groups excluding carboxylic acids is 2. The van der Waals surface area contributed by atoms with Gasteiger partial charge in [-0.05, 0) is 12.5 Å². The maximum Gasteiger partial charge on any atom is 0.330 e. The van der Waals surface area contributed by atoms with E-state index < -0.39 is 5.97 Å². The predicted molar refractivity (Wildman–Crippen MR) is 71.5 cm³/mol. The first-order chi connectivity index (χ1) is 9.11. The summed E-state index contributed by atoms with van der Waals surface area (Å²) < 4.78 is 10.0. The summed E-state index contributed by atoms with van der Waals surface area (Å²) in [5.74, 6) is -0.753. The Labute approximate surface area is 113 Å². The summed E-state index contributed by atoms with van der Waals surface area (Å²) in [6.07, 6.45) is 1.54. The molecule has 4 nitrogen and oxygen atoms in total. The zero-order valence-electron chi connectivity index (χ0n) is 11.0. The molecule has 0 aliphatic heterocycles. The van der Waals surface area contributed by atoms with Crippen LogP contribution in [-0.2, 0) is 25.5 Å². The van der Waals surface area contributed by atoms with Crippen LogP contribution in [-0.4, -0.2) is 24.6 Å². The second-order valence-corrected chi connectivity index (χ2v) is 4.12. The lowest BCUT2D eigenvalue weighted by molar-refractivity contribution is -0.148. The lowest BCUT2D eigenvalue weighted by Crippen LogP contribution is -2.19. The molecule has 0 amide bonds. The molecule has 102 valence electrons. The Kier molecular flexibility index (Phi) is 6.36. The molecule has 0 heterocycles. The van der Waals surface area contributed by atoms with Gasteiger partial charge in [-0.3, -0.25) is 4.79 Å². The maximum atomic E-state index is 11.6. The Bertz CT molecular complexity index is 425. The van der Waals surface area contributed by atoms with Gasteiger partial charge < -0.3 is 9.47 Å². The van der Waals surface area contributed by atoms with Crippen LogP contribution in [0.3, 0.4) is 0 Å². The Hall–Kier alpha value is -2.10. The molecule has 0 fully saturated rings. The number of benzene rings is 1. The van der Waals surface area contributed by atoms with Crippen molar-refractivity contribution in [1.29, 1.82) is 0 Å². The topological polar surface area (TPSA) is 52.6 Å². The molecule has 0 saturated carbocycles. The molecule has 0 N–H and O–H groups in total. The molecule has 0 bridgehead atoms. The number of esters is 2. The van der Waals surface area contributed by atoms with Crippen molar-refractivity contribution in [2.45, 2.75) is 25.9 Å². The minimum absolute atomic E-state index is 0.213. The Morgan fingerprint density at radius 3 is 2.63 bits per heavy atom. The smallest absolute Gasteiger partial charge is 0.330 e. The summed E-state index contributed by atoms with van der Waals surface area (Å²) >= 11 is 0. The van der Waals surface area contributed by atoms with Crippen molar-refractivity contribution in [3.63, 3.8) is 0 Å². The SMILES string of the molecule is C=CC(=O)OCCC(C)OC(=O)Cc1ccccc1. The van der Waals surface area contributed by atoms with Crippen molar-refractivity contribution in [3.05, 3.63) is 48.6 Å². The number of hydrogen-bond acceptors (Lipinski definition) is 4. The molecular weight excluding hydrogens is 244 g/mol. The fourth-order valence-electron chi connectivity index (χ4n) is 1.47. The maximum absolute atomic E-state index is 11.6. The van der Waals surface area contributed by atoms with E-state index in [0.29, 0.717) is 6.42 Å². The molecule has 0 radical (unpaired) electrons. The van der Waals surface area contributed by atoms with E-state index in [1.165, 1.54) is 0 Å². The molecule has 0 spiro atoms.